The fourth-order valence-electron chi connectivity index (χ4n) is 2.66. The first kappa shape index (κ1) is 13.3. The number of hydrogen-bond acceptors (Lipinski definition) is 6. The van der Waals surface area contributed by atoms with E-state index >= 15 is 0 Å². The highest BCUT2D eigenvalue weighted by atomic mass is 16.5. The minimum atomic E-state index is 0.290. The Bertz CT molecular complexity index is 575. The molecule has 0 saturated carbocycles. The predicted molar refractivity (Wildman–Crippen MR) is 72.0 cm³/mol. The second-order valence-corrected chi connectivity index (χ2v) is 5.65. The summed E-state index contributed by atoms with van der Waals surface area (Å²) in [7, 11) is 0. The normalized spacial score (nSPS) is 20.1. The Morgan fingerprint density at radius 3 is 2.90 bits per heavy atom. The van der Waals surface area contributed by atoms with Gasteiger partial charge in [0.2, 0.25) is 11.8 Å². The van der Waals surface area contributed by atoms with Crippen LogP contribution in [0.1, 0.15) is 61.9 Å². The highest BCUT2D eigenvalue weighted by Gasteiger charge is 2.30. The minimum absolute atomic E-state index is 0.290. The molecule has 1 fully saturated rings. The van der Waals surface area contributed by atoms with Crippen LogP contribution in [0.3, 0.4) is 0 Å². The molecule has 1 aliphatic rings. The van der Waals surface area contributed by atoms with Crippen LogP contribution >= 0.6 is 0 Å². The van der Waals surface area contributed by atoms with Crippen LogP contribution in [-0.2, 0) is 6.54 Å². The molecular weight excluding hydrogens is 256 g/mol. The van der Waals surface area contributed by atoms with Gasteiger partial charge in [-0.2, -0.15) is 0 Å². The molecule has 2 aromatic rings. The summed E-state index contributed by atoms with van der Waals surface area (Å²) in [6.07, 6.45) is 2.25. The molecule has 1 aliphatic heterocycles. The number of aromatic nitrogens is 3. The highest BCUT2D eigenvalue weighted by molar-refractivity contribution is 5.13. The fourth-order valence-corrected chi connectivity index (χ4v) is 2.66. The maximum Gasteiger partial charge on any atom is 0.230 e. The molecule has 0 aliphatic carbocycles. The molecule has 0 N–H and O–H groups in total. The lowest BCUT2D eigenvalue weighted by molar-refractivity contribution is 0.213. The zero-order chi connectivity index (χ0) is 14.1. The summed E-state index contributed by atoms with van der Waals surface area (Å²) >= 11 is 0. The summed E-state index contributed by atoms with van der Waals surface area (Å²) in [5, 5.41) is 12.2. The smallest absolute Gasteiger partial charge is 0.230 e. The first-order chi connectivity index (χ1) is 9.63. The van der Waals surface area contributed by atoms with E-state index in [0.717, 1.165) is 30.8 Å². The molecule has 6 heteroatoms. The molecule has 0 spiro atoms. The Morgan fingerprint density at radius 1 is 1.40 bits per heavy atom. The number of aryl methyl sites for hydroxylation is 1. The van der Waals surface area contributed by atoms with Gasteiger partial charge >= 0.3 is 0 Å². The van der Waals surface area contributed by atoms with Gasteiger partial charge in [0.1, 0.15) is 11.5 Å². The van der Waals surface area contributed by atoms with Gasteiger partial charge in [-0.3, -0.25) is 4.90 Å². The van der Waals surface area contributed by atoms with E-state index < -0.39 is 0 Å². The Balaban J connectivity index is 1.74. The minimum Gasteiger partial charge on any atom is -0.424 e. The van der Waals surface area contributed by atoms with Crippen LogP contribution in [0.2, 0.25) is 0 Å². The molecule has 0 aromatic carbocycles. The van der Waals surface area contributed by atoms with Crippen LogP contribution < -0.4 is 0 Å². The Morgan fingerprint density at radius 2 is 2.25 bits per heavy atom. The standard InChI is InChI=1S/C14H20N4O2/c1-9(2)13-7-11(17-20-13)12-5-4-6-18(12)8-14-16-15-10(3)19-14/h7,9,12H,4-6,8H2,1-3H3. The van der Waals surface area contributed by atoms with Crippen molar-refractivity contribution >= 4 is 0 Å². The lowest BCUT2D eigenvalue weighted by atomic mass is 10.1. The first-order valence-corrected chi connectivity index (χ1v) is 7.13. The maximum atomic E-state index is 5.47. The molecular formula is C14H20N4O2. The van der Waals surface area contributed by atoms with E-state index in [2.05, 4.69) is 40.2 Å². The largest absolute Gasteiger partial charge is 0.424 e. The van der Waals surface area contributed by atoms with Crippen molar-refractivity contribution in [2.75, 3.05) is 6.54 Å². The van der Waals surface area contributed by atoms with Gasteiger partial charge in [-0.1, -0.05) is 19.0 Å². The SMILES string of the molecule is Cc1nnc(CN2CCCC2c2cc(C(C)C)on2)o1. The molecule has 0 amide bonds. The van der Waals surface area contributed by atoms with Gasteiger partial charge in [0, 0.05) is 18.9 Å². The number of nitrogens with zero attached hydrogens (tertiary/aromatic N) is 4. The van der Waals surface area contributed by atoms with Gasteiger partial charge in [0.05, 0.1) is 12.6 Å². The van der Waals surface area contributed by atoms with Crippen molar-refractivity contribution < 1.29 is 8.94 Å². The predicted octanol–water partition coefficient (Wildman–Crippen LogP) is 2.83. The van der Waals surface area contributed by atoms with Crippen LogP contribution in [0.15, 0.2) is 15.0 Å². The average Bonchev–Trinajstić information content (AvgIpc) is 3.10. The maximum absolute atomic E-state index is 5.47. The molecule has 108 valence electrons. The molecule has 6 nitrogen and oxygen atoms in total. The van der Waals surface area contributed by atoms with E-state index in [9.17, 15) is 0 Å². The zero-order valence-electron chi connectivity index (χ0n) is 12.2. The van der Waals surface area contributed by atoms with Crippen molar-refractivity contribution in [2.24, 2.45) is 0 Å². The summed E-state index contributed by atoms with van der Waals surface area (Å²) in [5.41, 5.74) is 1.02. The van der Waals surface area contributed by atoms with Crippen LogP contribution in [0, 0.1) is 6.92 Å². The molecule has 20 heavy (non-hydrogen) atoms. The van der Waals surface area contributed by atoms with E-state index in [1.807, 2.05) is 6.92 Å². The summed E-state index contributed by atoms with van der Waals surface area (Å²) in [4.78, 5) is 2.33. The third-order valence-electron chi connectivity index (χ3n) is 3.73. The van der Waals surface area contributed by atoms with Crippen LogP contribution in [0.25, 0.3) is 0 Å². The van der Waals surface area contributed by atoms with Crippen molar-refractivity contribution in [2.45, 2.75) is 52.1 Å². The average molecular weight is 276 g/mol. The van der Waals surface area contributed by atoms with Gasteiger partial charge in [-0.05, 0) is 19.4 Å². The van der Waals surface area contributed by atoms with E-state index in [1.54, 1.807) is 0 Å². The van der Waals surface area contributed by atoms with E-state index in [4.69, 9.17) is 8.94 Å². The topological polar surface area (TPSA) is 68.2 Å². The molecule has 1 saturated heterocycles. The third kappa shape index (κ3) is 2.60. The molecule has 0 bridgehead atoms. The van der Waals surface area contributed by atoms with Crippen molar-refractivity contribution in [1.82, 2.24) is 20.3 Å². The zero-order valence-corrected chi connectivity index (χ0v) is 12.2. The highest BCUT2D eigenvalue weighted by Crippen LogP contribution is 2.33. The summed E-state index contributed by atoms with van der Waals surface area (Å²) in [6.45, 7) is 7.73. The molecule has 2 aromatic heterocycles. The number of hydrogen-bond donors (Lipinski definition) is 0. The molecule has 1 atom stereocenters. The van der Waals surface area contributed by atoms with Gasteiger partial charge in [-0.25, -0.2) is 0 Å². The fraction of sp³-hybridized carbons (Fsp3) is 0.643. The summed E-state index contributed by atoms with van der Waals surface area (Å²) in [5.74, 6) is 2.59. The van der Waals surface area contributed by atoms with E-state index in [1.165, 1.54) is 0 Å². The van der Waals surface area contributed by atoms with Gasteiger partial charge in [-0.15, -0.1) is 10.2 Å². The second kappa shape index (κ2) is 5.36. The van der Waals surface area contributed by atoms with Gasteiger partial charge in [0.15, 0.2) is 0 Å². The lowest BCUT2D eigenvalue weighted by Gasteiger charge is -2.20. The van der Waals surface area contributed by atoms with Gasteiger partial charge < -0.3 is 8.94 Å². The van der Waals surface area contributed by atoms with Gasteiger partial charge in [0.25, 0.3) is 0 Å². The van der Waals surface area contributed by atoms with E-state index in [-0.39, 0.29) is 0 Å². The monoisotopic (exact) mass is 276 g/mol. The summed E-state index contributed by atoms with van der Waals surface area (Å²) < 4.78 is 10.9. The van der Waals surface area contributed by atoms with Crippen LogP contribution in [0.5, 0.6) is 0 Å². The van der Waals surface area contributed by atoms with Crippen molar-refractivity contribution in [3.05, 3.63) is 29.3 Å². The second-order valence-electron chi connectivity index (χ2n) is 5.65. The Hall–Kier alpha value is -1.69. The third-order valence-corrected chi connectivity index (χ3v) is 3.73. The lowest BCUT2D eigenvalue weighted by Crippen LogP contribution is -2.23. The van der Waals surface area contributed by atoms with Crippen LogP contribution in [-0.4, -0.2) is 26.8 Å². The molecule has 1 unspecified atom stereocenters. The molecule has 3 heterocycles. The van der Waals surface area contributed by atoms with E-state index in [0.29, 0.717) is 30.3 Å². The first-order valence-electron chi connectivity index (χ1n) is 7.13. The van der Waals surface area contributed by atoms with Crippen molar-refractivity contribution in [3.8, 4) is 0 Å². The number of rotatable bonds is 4. The summed E-state index contributed by atoms with van der Waals surface area (Å²) in [6, 6.07) is 2.37. The number of likely N-dealkylation sites (tertiary alicyclic amines) is 1. The Labute approximate surface area is 118 Å². The quantitative estimate of drug-likeness (QED) is 0.855. The van der Waals surface area contributed by atoms with Crippen LogP contribution in [0.4, 0.5) is 0 Å². The molecule has 3 rings (SSSR count). The molecule has 0 radical (unpaired) electrons. The Kier molecular flexibility index (Phi) is 3.56. The van der Waals surface area contributed by atoms with Crippen molar-refractivity contribution in [3.63, 3.8) is 0 Å². The van der Waals surface area contributed by atoms with Crippen molar-refractivity contribution in [1.29, 1.82) is 0 Å².